The van der Waals surface area contributed by atoms with Crippen LogP contribution in [0.25, 0.3) is 0 Å². The maximum absolute atomic E-state index is 11.1. The van der Waals surface area contributed by atoms with Crippen molar-refractivity contribution in [1.82, 2.24) is 0 Å². The average molecular weight is 210 g/mol. The first-order valence-electron chi connectivity index (χ1n) is 4.32. The molecule has 0 aliphatic rings. The number of amides is 1. The molecule has 1 rings (SSSR count). The molecule has 0 saturated heterocycles. The minimum Gasteiger partial charge on any atom is -0.325 e. The second kappa shape index (κ2) is 5.45. The molecule has 1 N–H and O–H groups in total. The molecule has 0 bridgehead atoms. The van der Waals surface area contributed by atoms with Gasteiger partial charge >= 0.3 is 0 Å². The number of alkyl halides is 1. The lowest BCUT2D eigenvalue weighted by molar-refractivity contribution is -0.113. The fourth-order valence-electron chi connectivity index (χ4n) is 1.16. The summed E-state index contributed by atoms with van der Waals surface area (Å²) in [6.45, 7) is 3.66. The smallest absolute Gasteiger partial charge is 0.239 e. The number of hydrogen-bond donors (Lipinski definition) is 1. The van der Waals surface area contributed by atoms with E-state index in [4.69, 9.17) is 11.6 Å². The van der Waals surface area contributed by atoms with E-state index in [1.165, 1.54) is 0 Å². The maximum atomic E-state index is 11.1. The Kier molecular flexibility index (Phi) is 4.20. The molecule has 3 heteroatoms. The molecule has 0 aliphatic heterocycles. The van der Waals surface area contributed by atoms with Gasteiger partial charge in [-0.2, -0.15) is 0 Å². The fraction of sp³-hybridized carbons (Fsp3) is 0.182. The van der Waals surface area contributed by atoms with E-state index in [0.717, 1.165) is 17.7 Å². The van der Waals surface area contributed by atoms with E-state index >= 15 is 0 Å². The summed E-state index contributed by atoms with van der Waals surface area (Å²) in [6, 6.07) is 7.60. The SMILES string of the molecule is C=CCc1ccccc1NC(=O)CCl. The lowest BCUT2D eigenvalue weighted by Gasteiger charge is -2.07. The van der Waals surface area contributed by atoms with Crippen molar-refractivity contribution in [2.24, 2.45) is 0 Å². The Morgan fingerprint density at radius 2 is 2.21 bits per heavy atom. The van der Waals surface area contributed by atoms with E-state index in [1.54, 1.807) is 6.08 Å². The summed E-state index contributed by atoms with van der Waals surface area (Å²) in [5.74, 6) is -0.217. The van der Waals surface area contributed by atoms with Gasteiger partial charge in [0.2, 0.25) is 5.91 Å². The lowest BCUT2D eigenvalue weighted by Crippen LogP contribution is -2.13. The van der Waals surface area contributed by atoms with Crippen molar-refractivity contribution in [3.8, 4) is 0 Å². The van der Waals surface area contributed by atoms with Crippen LogP contribution in [0.15, 0.2) is 36.9 Å². The predicted molar refractivity (Wildman–Crippen MR) is 59.7 cm³/mol. The molecule has 0 heterocycles. The zero-order chi connectivity index (χ0) is 10.4. The minimum atomic E-state index is -0.192. The Balaban J connectivity index is 2.83. The Morgan fingerprint density at radius 3 is 2.86 bits per heavy atom. The zero-order valence-corrected chi connectivity index (χ0v) is 8.55. The van der Waals surface area contributed by atoms with Gasteiger partial charge in [-0.1, -0.05) is 24.3 Å². The topological polar surface area (TPSA) is 29.1 Å². The van der Waals surface area contributed by atoms with Crippen LogP contribution < -0.4 is 5.32 Å². The third-order valence-corrected chi connectivity index (χ3v) is 2.02. The van der Waals surface area contributed by atoms with Crippen LogP contribution in [-0.4, -0.2) is 11.8 Å². The first kappa shape index (κ1) is 10.8. The standard InChI is InChI=1S/C11H12ClNO/c1-2-5-9-6-3-4-7-10(9)13-11(14)8-12/h2-4,6-7H,1,5,8H2,(H,13,14). The van der Waals surface area contributed by atoms with Gasteiger partial charge in [0.1, 0.15) is 5.88 Å². The molecule has 1 aromatic rings. The summed E-state index contributed by atoms with van der Waals surface area (Å²) in [5, 5.41) is 2.73. The summed E-state index contributed by atoms with van der Waals surface area (Å²) in [6.07, 6.45) is 2.53. The normalized spacial score (nSPS) is 9.50. The number of allylic oxidation sites excluding steroid dienone is 1. The average Bonchev–Trinajstić information content (AvgIpc) is 2.21. The number of hydrogen-bond acceptors (Lipinski definition) is 1. The third-order valence-electron chi connectivity index (χ3n) is 1.78. The molecule has 14 heavy (non-hydrogen) atoms. The molecule has 0 fully saturated rings. The van der Waals surface area contributed by atoms with E-state index in [9.17, 15) is 4.79 Å². The van der Waals surface area contributed by atoms with Crippen molar-refractivity contribution in [2.45, 2.75) is 6.42 Å². The Bertz CT molecular complexity index is 336. The number of anilines is 1. The highest BCUT2D eigenvalue weighted by molar-refractivity contribution is 6.29. The number of para-hydroxylation sites is 1. The van der Waals surface area contributed by atoms with Gasteiger partial charge in [0.15, 0.2) is 0 Å². The molecule has 0 unspecified atom stereocenters. The Hall–Kier alpha value is -1.28. The van der Waals surface area contributed by atoms with Crippen molar-refractivity contribution in [3.05, 3.63) is 42.5 Å². The molecule has 0 saturated carbocycles. The Morgan fingerprint density at radius 1 is 1.50 bits per heavy atom. The van der Waals surface area contributed by atoms with Gasteiger partial charge in [-0.3, -0.25) is 4.79 Å². The molecule has 0 aliphatic carbocycles. The van der Waals surface area contributed by atoms with Gasteiger partial charge in [-0.25, -0.2) is 0 Å². The quantitative estimate of drug-likeness (QED) is 0.600. The van der Waals surface area contributed by atoms with Gasteiger partial charge in [0.05, 0.1) is 0 Å². The van der Waals surface area contributed by atoms with Crippen molar-refractivity contribution >= 4 is 23.2 Å². The van der Waals surface area contributed by atoms with Gasteiger partial charge in [0, 0.05) is 5.69 Å². The second-order valence-electron chi connectivity index (χ2n) is 2.83. The predicted octanol–water partition coefficient (Wildman–Crippen LogP) is 2.59. The summed E-state index contributed by atoms with van der Waals surface area (Å²) in [4.78, 5) is 11.1. The molecular weight excluding hydrogens is 198 g/mol. The summed E-state index contributed by atoms with van der Waals surface area (Å²) >= 11 is 5.40. The largest absolute Gasteiger partial charge is 0.325 e. The van der Waals surface area contributed by atoms with Crippen molar-refractivity contribution in [2.75, 3.05) is 11.2 Å². The molecule has 0 radical (unpaired) electrons. The maximum Gasteiger partial charge on any atom is 0.239 e. The number of carbonyl (C=O) groups excluding carboxylic acids is 1. The van der Waals surface area contributed by atoms with Gasteiger partial charge in [-0.15, -0.1) is 18.2 Å². The van der Waals surface area contributed by atoms with E-state index in [-0.39, 0.29) is 11.8 Å². The summed E-state index contributed by atoms with van der Waals surface area (Å²) in [7, 11) is 0. The number of halogens is 1. The Labute approximate surface area is 88.6 Å². The zero-order valence-electron chi connectivity index (χ0n) is 7.79. The highest BCUT2D eigenvalue weighted by atomic mass is 35.5. The summed E-state index contributed by atoms with van der Waals surface area (Å²) in [5.41, 5.74) is 1.85. The third kappa shape index (κ3) is 2.89. The fourth-order valence-corrected chi connectivity index (χ4v) is 1.23. The van der Waals surface area contributed by atoms with Gasteiger partial charge in [0.25, 0.3) is 0 Å². The molecule has 0 spiro atoms. The molecule has 0 atom stereocenters. The number of nitrogens with one attached hydrogen (secondary N) is 1. The van der Waals surface area contributed by atoms with Gasteiger partial charge < -0.3 is 5.32 Å². The molecule has 2 nitrogen and oxygen atoms in total. The van der Waals surface area contributed by atoms with Crippen LogP contribution in [0.2, 0.25) is 0 Å². The van der Waals surface area contributed by atoms with Crippen LogP contribution in [0, 0.1) is 0 Å². The number of benzene rings is 1. The molecule has 1 amide bonds. The van der Waals surface area contributed by atoms with E-state index in [0.29, 0.717) is 0 Å². The molecular formula is C11H12ClNO. The van der Waals surface area contributed by atoms with E-state index in [1.807, 2.05) is 24.3 Å². The van der Waals surface area contributed by atoms with Crippen molar-refractivity contribution < 1.29 is 4.79 Å². The lowest BCUT2D eigenvalue weighted by atomic mass is 10.1. The van der Waals surface area contributed by atoms with Crippen LogP contribution in [0.3, 0.4) is 0 Å². The van der Waals surface area contributed by atoms with Gasteiger partial charge in [-0.05, 0) is 18.1 Å². The van der Waals surface area contributed by atoms with Crippen molar-refractivity contribution in [1.29, 1.82) is 0 Å². The number of rotatable bonds is 4. The van der Waals surface area contributed by atoms with Crippen LogP contribution in [-0.2, 0) is 11.2 Å². The van der Waals surface area contributed by atoms with Crippen LogP contribution >= 0.6 is 11.6 Å². The first-order valence-corrected chi connectivity index (χ1v) is 4.86. The van der Waals surface area contributed by atoms with Crippen LogP contribution in [0.1, 0.15) is 5.56 Å². The van der Waals surface area contributed by atoms with Crippen LogP contribution in [0.4, 0.5) is 5.69 Å². The number of carbonyl (C=O) groups is 1. The van der Waals surface area contributed by atoms with E-state index < -0.39 is 0 Å². The van der Waals surface area contributed by atoms with Crippen LogP contribution in [0.5, 0.6) is 0 Å². The minimum absolute atomic E-state index is 0.0254. The first-order chi connectivity index (χ1) is 6.77. The second-order valence-corrected chi connectivity index (χ2v) is 3.10. The monoisotopic (exact) mass is 209 g/mol. The highest BCUT2D eigenvalue weighted by Gasteiger charge is 2.03. The highest BCUT2D eigenvalue weighted by Crippen LogP contribution is 2.15. The summed E-state index contributed by atoms with van der Waals surface area (Å²) < 4.78 is 0. The van der Waals surface area contributed by atoms with E-state index in [2.05, 4.69) is 11.9 Å². The molecule has 0 aromatic heterocycles. The van der Waals surface area contributed by atoms with Crippen molar-refractivity contribution in [3.63, 3.8) is 0 Å². The molecule has 74 valence electrons. The molecule has 1 aromatic carbocycles.